The van der Waals surface area contributed by atoms with E-state index in [-0.39, 0.29) is 5.78 Å². The molecular formula is C12H10Br2N2O. The number of aromatic nitrogens is 2. The van der Waals surface area contributed by atoms with E-state index < -0.39 is 0 Å². The van der Waals surface area contributed by atoms with Crippen LogP contribution in [0.1, 0.15) is 16.2 Å². The minimum atomic E-state index is 0.0568. The first-order chi connectivity index (χ1) is 8.06. The third kappa shape index (κ3) is 3.04. The molecule has 0 fully saturated rings. The predicted octanol–water partition coefficient (Wildman–Crippen LogP) is 3.37. The van der Waals surface area contributed by atoms with Gasteiger partial charge in [-0.25, -0.2) is 4.98 Å². The molecule has 0 spiro atoms. The van der Waals surface area contributed by atoms with Crippen molar-refractivity contribution in [1.29, 1.82) is 0 Å². The van der Waals surface area contributed by atoms with Crippen molar-refractivity contribution in [2.24, 2.45) is 7.05 Å². The van der Waals surface area contributed by atoms with Crippen molar-refractivity contribution in [3.05, 3.63) is 50.9 Å². The quantitative estimate of drug-likeness (QED) is 0.789. The van der Waals surface area contributed by atoms with Crippen LogP contribution in [0.2, 0.25) is 0 Å². The number of imidazole rings is 1. The molecule has 0 saturated carbocycles. The number of benzene rings is 1. The van der Waals surface area contributed by atoms with Crippen LogP contribution in [0.5, 0.6) is 0 Å². The molecule has 88 valence electrons. The lowest BCUT2D eigenvalue weighted by Crippen LogP contribution is -2.08. The highest BCUT2D eigenvalue weighted by Gasteiger charge is 2.11. The van der Waals surface area contributed by atoms with E-state index in [1.807, 2.05) is 36.0 Å². The lowest BCUT2D eigenvalue weighted by Gasteiger charge is -2.03. The molecule has 0 unspecified atom stereocenters. The third-order valence-corrected chi connectivity index (χ3v) is 3.34. The SMILES string of the molecule is Cn1ccnc1CC(=O)c1cc(Br)cc(Br)c1. The van der Waals surface area contributed by atoms with Gasteiger partial charge in [0.25, 0.3) is 0 Å². The van der Waals surface area contributed by atoms with Crippen molar-refractivity contribution < 1.29 is 4.79 Å². The molecule has 2 aromatic rings. The molecule has 0 radical (unpaired) electrons. The lowest BCUT2D eigenvalue weighted by molar-refractivity contribution is 0.0990. The Balaban J connectivity index is 2.23. The standard InChI is InChI=1S/C12H10Br2N2O/c1-16-3-2-15-12(16)7-11(17)8-4-9(13)6-10(14)5-8/h2-6H,7H2,1H3. The number of nitrogens with zero attached hydrogens (tertiary/aromatic N) is 2. The summed E-state index contributed by atoms with van der Waals surface area (Å²) in [5, 5.41) is 0. The van der Waals surface area contributed by atoms with Crippen LogP contribution in [-0.4, -0.2) is 15.3 Å². The second kappa shape index (κ2) is 5.14. The largest absolute Gasteiger partial charge is 0.338 e. The number of halogens is 2. The smallest absolute Gasteiger partial charge is 0.170 e. The van der Waals surface area contributed by atoms with E-state index in [1.165, 1.54) is 0 Å². The molecule has 0 aliphatic rings. The first kappa shape index (κ1) is 12.5. The number of ketones is 1. The summed E-state index contributed by atoms with van der Waals surface area (Å²) < 4.78 is 3.62. The summed E-state index contributed by atoms with van der Waals surface area (Å²) in [7, 11) is 1.88. The lowest BCUT2D eigenvalue weighted by atomic mass is 10.1. The van der Waals surface area contributed by atoms with Crippen LogP contribution in [0.3, 0.4) is 0 Å². The molecule has 2 rings (SSSR count). The van der Waals surface area contributed by atoms with Crippen molar-refractivity contribution in [1.82, 2.24) is 9.55 Å². The van der Waals surface area contributed by atoms with Crippen LogP contribution < -0.4 is 0 Å². The average molecular weight is 358 g/mol. The van der Waals surface area contributed by atoms with Crippen molar-refractivity contribution in [3.8, 4) is 0 Å². The highest BCUT2D eigenvalue weighted by Crippen LogP contribution is 2.21. The molecule has 0 aliphatic heterocycles. The first-order valence-electron chi connectivity index (χ1n) is 5.02. The topological polar surface area (TPSA) is 34.9 Å². The third-order valence-electron chi connectivity index (χ3n) is 2.42. The van der Waals surface area contributed by atoms with Crippen molar-refractivity contribution in [2.45, 2.75) is 6.42 Å². The minimum absolute atomic E-state index is 0.0568. The molecule has 0 bridgehead atoms. The fourth-order valence-electron chi connectivity index (χ4n) is 1.53. The van der Waals surface area contributed by atoms with Gasteiger partial charge in [0.2, 0.25) is 0 Å². The molecule has 3 nitrogen and oxygen atoms in total. The molecule has 1 aromatic carbocycles. The number of carbonyl (C=O) groups is 1. The van der Waals surface area contributed by atoms with E-state index >= 15 is 0 Å². The Bertz CT molecular complexity index is 543. The summed E-state index contributed by atoms with van der Waals surface area (Å²) in [6.07, 6.45) is 3.84. The molecule has 1 heterocycles. The van der Waals surface area contributed by atoms with E-state index in [9.17, 15) is 4.79 Å². The van der Waals surface area contributed by atoms with E-state index in [1.54, 1.807) is 6.20 Å². The van der Waals surface area contributed by atoms with Crippen LogP contribution in [0.15, 0.2) is 39.5 Å². The number of Topliss-reactive ketones (excluding diaryl/α,β-unsaturated/α-hetero) is 1. The van der Waals surface area contributed by atoms with Crippen molar-refractivity contribution >= 4 is 37.6 Å². The average Bonchev–Trinajstić information content (AvgIpc) is 2.63. The normalized spacial score (nSPS) is 10.5. The predicted molar refractivity (Wildman–Crippen MR) is 73.1 cm³/mol. The molecule has 0 atom stereocenters. The molecule has 17 heavy (non-hydrogen) atoms. The molecule has 1 aromatic heterocycles. The van der Waals surface area contributed by atoms with Gasteiger partial charge in [0.1, 0.15) is 5.82 Å². The molecule has 0 N–H and O–H groups in total. The van der Waals surface area contributed by atoms with Crippen LogP contribution in [-0.2, 0) is 13.5 Å². The number of carbonyl (C=O) groups excluding carboxylic acids is 1. The van der Waals surface area contributed by atoms with Crippen molar-refractivity contribution in [2.75, 3.05) is 0 Å². The van der Waals surface area contributed by atoms with Crippen LogP contribution in [0, 0.1) is 0 Å². The van der Waals surface area contributed by atoms with E-state index in [0.29, 0.717) is 12.0 Å². The Morgan fingerprint density at radius 2 is 1.94 bits per heavy atom. The van der Waals surface area contributed by atoms with E-state index in [0.717, 1.165) is 14.8 Å². The number of hydrogen-bond donors (Lipinski definition) is 0. The summed E-state index contributed by atoms with van der Waals surface area (Å²) in [6, 6.07) is 5.53. The Morgan fingerprint density at radius 1 is 1.29 bits per heavy atom. The Kier molecular flexibility index (Phi) is 3.79. The Morgan fingerprint density at radius 3 is 2.47 bits per heavy atom. The van der Waals surface area contributed by atoms with Gasteiger partial charge in [0, 0.05) is 34.0 Å². The second-order valence-electron chi connectivity index (χ2n) is 3.71. The summed E-state index contributed by atoms with van der Waals surface area (Å²) in [5.41, 5.74) is 0.675. The first-order valence-corrected chi connectivity index (χ1v) is 6.60. The van der Waals surface area contributed by atoms with Crippen molar-refractivity contribution in [3.63, 3.8) is 0 Å². The zero-order valence-corrected chi connectivity index (χ0v) is 12.3. The summed E-state index contributed by atoms with van der Waals surface area (Å²) in [6.45, 7) is 0. The Hall–Kier alpha value is -0.940. The van der Waals surface area contributed by atoms with Gasteiger partial charge < -0.3 is 4.57 Å². The Labute approximate surface area is 116 Å². The van der Waals surface area contributed by atoms with Gasteiger partial charge in [-0.2, -0.15) is 0 Å². The van der Waals surface area contributed by atoms with E-state index in [4.69, 9.17) is 0 Å². The zero-order chi connectivity index (χ0) is 12.4. The minimum Gasteiger partial charge on any atom is -0.338 e. The molecule has 0 amide bonds. The maximum atomic E-state index is 12.1. The molecular weight excluding hydrogens is 348 g/mol. The highest BCUT2D eigenvalue weighted by molar-refractivity contribution is 9.11. The number of hydrogen-bond acceptors (Lipinski definition) is 2. The second-order valence-corrected chi connectivity index (χ2v) is 5.54. The number of aryl methyl sites for hydroxylation is 1. The van der Waals surface area contributed by atoms with Crippen LogP contribution >= 0.6 is 31.9 Å². The van der Waals surface area contributed by atoms with Gasteiger partial charge in [-0.15, -0.1) is 0 Å². The summed E-state index contributed by atoms with van der Waals surface area (Å²) >= 11 is 6.74. The van der Waals surface area contributed by atoms with E-state index in [2.05, 4.69) is 36.8 Å². The maximum Gasteiger partial charge on any atom is 0.170 e. The van der Waals surface area contributed by atoms with Crippen LogP contribution in [0.25, 0.3) is 0 Å². The maximum absolute atomic E-state index is 12.1. The fraction of sp³-hybridized carbons (Fsp3) is 0.167. The zero-order valence-electron chi connectivity index (χ0n) is 9.15. The number of rotatable bonds is 3. The highest BCUT2D eigenvalue weighted by atomic mass is 79.9. The van der Waals surface area contributed by atoms with Gasteiger partial charge in [0.05, 0.1) is 6.42 Å². The van der Waals surface area contributed by atoms with Gasteiger partial charge >= 0.3 is 0 Å². The van der Waals surface area contributed by atoms with Gasteiger partial charge in [-0.1, -0.05) is 31.9 Å². The van der Waals surface area contributed by atoms with Crippen LogP contribution in [0.4, 0.5) is 0 Å². The molecule has 5 heteroatoms. The molecule has 0 aliphatic carbocycles. The summed E-state index contributed by atoms with van der Waals surface area (Å²) in [5.74, 6) is 0.826. The van der Waals surface area contributed by atoms with Gasteiger partial charge in [-0.3, -0.25) is 4.79 Å². The summed E-state index contributed by atoms with van der Waals surface area (Å²) in [4.78, 5) is 16.2. The molecule has 0 saturated heterocycles. The van der Waals surface area contributed by atoms with Gasteiger partial charge in [-0.05, 0) is 18.2 Å². The van der Waals surface area contributed by atoms with Gasteiger partial charge in [0.15, 0.2) is 5.78 Å². The monoisotopic (exact) mass is 356 g/mol. The fourth-order valence-corrected chi connectivity index (χ4v) is 2.82.